The summed E-state index contributed by atoms with van der Waals surface area (Å²) in [6, 6.07) is 12.5. The normalized spacial score (nSPS) is 11.2. The van der Waals surface area contributed by atoms with E-state index in [1.165, 1.54) is 12.1 Å². The summed E-state index contributed by atoms with van der Waals surface area (Å²) >= 11 is 0. The second-order valence-electron chi connectivity index (χ2n) is 6.16. The highest BCUT2D eigenvalue weighted by Crippen LogP contribution is 2.20. The zero-order chi connectivity index (χ0) is 20.4. The van der Waals surface area contributed by atoms with Gasteiger partial charge in [-0.25, -0.2) is 0 Å². The molecule has 0 aliphatic heterocycles. The Bertz CT molecular complexity index is 806. The van der Waals surface area contributed by atoms with E-state index in [0.717, 1.165) is 22.4 Å². The van der Waals surface area contributed by atoms with Crippen LogP contribution in [0, 0.1) is 17.0 Å². The maximum absolute atomic E-state index is 10.7. The first-order valence-electron chi connectivity index (χ1n) is 8.92. The van der Waals surface area contributed by atoms with Crippen LogP contribution in [-0.4, -0.2) is 38.3 Å². The fourth-order valence-corrected chi connectivity index (χ4v) is 2.50. The summed E-state index contributed by atoms with van der Waals surface area (Å²) in [5, 5.41) is 17.2. The second-order valence-corrected chi connectivity index (χ2v) is 6.16. The smallest absolute Gasteiger partial charge is 0.269 e. The Hall–Kier alpha value is -3.13. The summed E-state index contributed by atoms with van der Waals surface area (Å²) < 4.78 is 10.8. The molecule has 0 aliphatic rings. The molecule has 0 aromatic heterocycles. The average molecular weight is 386 g/mol. The molecule has 0 unspecified atom stereocenters. The van der Waals surface area contributed by atoms with Gasteiger partial charge in [-0.1, -0.05) is 24.3 Å². The maximum atomic E-state index is 10.7. The number of aliphatic imine (C=N–C) groups is 1. The van der Waals surface area contributed by atoms with Gasteiger partial charge < -0.3 is 20.1 Å². The number of nitrogens with one attached hydrogen (secondary N) is 2. The number of nitro benzene ring substituents is 1. The largest absolute Gasteiger partial charge is 0.491 e. The molecule has 0 radical (unpaired) electrons. The molecule has 2 aromatic carbocycles. The van der Waals surface area contributed by atoms with E-state index in [2.05, 4.69) is 15.6 Å². The van der Waals surface area contributed by atoms with Crippen LogP contribution in [0.3, 0.4) is 0 Å². The molecule has 2 aromatic rings. The zero-order valence-electron chi connectivity index (χ0n) is 16.4. The van der Waals surface area contributed by atoms with Crippen LogP contribution in [0.4, 0.5) is 5.69 Å². The van der Waals surface area contributed by atoms with Crippen LogP contribution in [0.15, 0.2) is 47.5 Å². The topological polar surface area (TPSA) is 98.0 Å². The number of non-ortho nitro benzene ring substituents is 1. The van der Waals surface area contributed by atoms with Gasteiger partial charge in [-0.3, -0.25) is 15.1 Å². The van der Waals surface area contributed by atoms with Gasteiger partial charge in [0.1, 0.15) is 12.4 Å². The summed E-state index contributed by atoms with van der Waals surface area (Å²) in [6.07, 6.45) is 0. The van der Waals surface area contributed by atoms with E-state index in [-0.39, 0.29) is 5.69 Å². The van der Waals surface area contributed by atoms with Crippen molar-refractivity contribution in [3.63, 3.8) is 0 Å². The highest BCUT2D eigenvalue weighted by Gasteiger charge is 2.07. The standard InChI is InChI=1S/C20H26N4O4/c1-15-4-7-17(19(12-15)28-11-10-27-3)14-23-20(21-2)22-13-16-5-8-18(9-6-16)24(25)26/h4-9,12H,10-11,13-14H2,1-3H3,(H2,21,22,23). The average Bonchev–Trinajstić information content (AvgIpc) is 2.70. The number of guanidine groups is 1. The van der Waals surface area contributed by atoms with Gasteiger partial charge in [-0.15, -0.1) is 0 Å². The first kappa shape index (κ1) is 21.2. The number of ether oxygens (including phenoxy) is 2. The van der Waals surface area contributed by atoms with Crippen LogP contribution < -0.4 is 15.4 Å². The lowest BCUT2D eigenvalue weighted by atomic mass is 10.1. The summed E-state index contributed by atoms with van der Waals surface area (Å²) in [5.74, 6) is 1.44. The number of hydrogen-bond donors (Lipinski definition) is 2. The first-order chi connectivity index (χ1) is 13.5. The molecule has 2 rings (SSSR count). The quantitative estimate of drug-likeness (QED) is 0.226. The van der Waals surface area contributed by atoms with Crippen LogP contribution in [-0.2, 0) is 17.8 Å². The molecular weight excluding hydrogens is 360 g/mol. The third kappa shape index (κ3) is 6.55. The molecule has 0 atom stereocenters. The Balaban J connectivity index is 1.92. The van der Waals surface area contributed by atoms with Gasteiger partial charge in [-0.2, -0.15) is 0 Å². The third-order valence-electron chi connectivity index (χ3n) is 4.04. The summed E-state index contributed by atoms with van der Waals surface area (Å²) in [6.45, 7) is 4.08. The third-order valence-corrected chi connectivity index (χ3v) is 4.04. The predicted octanol–water partition coefficient (Wildman–Crippen LogP) is 2.79. The van der Waals surface area contributed by atoms with Crippen molar-refractivity contribution in [2.45, 2.75) is 20.0 Å². The molecule has 0 amide bonds. The number of nitrogens with zero attached hydrogens (tertiary/aromatic N) is 2. The van der Waals surface area contributed by atoms with Crippen molar-refractivity contribution < 1.29 is 14.4 Å². The lowest BCUT2D eigenvalue weighted by molar-refractivity contribution is -0.384. The van der Waals surface area contributed by atoms with Crippen LogP contribution >= 0.6 is 0 Å². The van der Waals surface area contributed by atoms with E-state index in [0.29, 0.717) is 32.3 Å². The predicted molar refractivity (Wildman–Crippen MR) is 109 cm³/mol. The van der Waals surface area contributed by atoms with Gasteiger partial charge in [0.2, 0.25) is 0 Å². The Labute approximate surface area is 164 Å². The highest BCUT2D eigenvalue weighted by atomic mass is 16.6. The Morgan fingerprint density at radius 3 is 2.46 bits per heavy atom. The lowest BCUT2D eigenvalue weighted by Gasteiger charge is -2.15. The highest BCUT2D eigenvalue weighted by molar-refractivity contribution is 5.79. The van der Waals surface area contributed by atoms with Crippen LogP contribution in [0.25, 0.3) is 0 Å². The van der Waals surface area contributed by atoms with E-state index in [4.69, 9.17) is 9.47 Å². The number of hydrogen-bond acceptors (Lipinski definition) is 5. The molecule has 0 spiro atoms. The number of methoxy groups -OCH3 is 1. The lowest BCUT2D eigenvalue weighted by Crippen LogP contribution is -2.36. The molecule has 0 bridgehead atoms. The molecule has 0 saturated heterocycles. The molecule has 0 fully saturated rings. The molecule has 0 saturated carbocycles. The molecule has 0 aliphatic carbocycles. The fraction of sp³-hybridized carbons (Fsp3) is 0.350. The van der Waals surface area contributed by atoms with Gasteiger partial charge in [0.15, 0.2) is 5.96 Å². The number of rotatable bonds is 9. The minimum Gasteiger partial charge on any atom is -0.491 e. The molecule has 2 N–H and O–H groups in total. The minimum atomic E-state index is -0.411. The van der Waals surface area contributed by atoms with Gasteiger partial charge in [0.25, 0.3) is 5.69 Å². The number of nitro groups is 1. The van der Waals surface area contributed by atoms with Gasteiger partial charge >= 0.3 is 0 Å². The van der Waals surface area contributed by atoms with E-state index in [9.17, 15) is 10.1 Å². The minimum absolute atomic E-state index is 0.0756. The van der Waals surface area contributed by atoms with Crippen molar-refractivity contribution >= 4 is 11.6 Å². The van der Waals surface area contributed by atoms with Crippen LogP contribution in [0.5, 0.6) is 5.75 Å². The molecule has 28 heavy (non-hydrogen) atoms. The SMILES string of the molecule is CN=C(NCc1ccc([N+](=O)[O-])cc1)NCc1ccc(C)cc1OCCOC. The van der Waals surface area contributed by atoms with Gasteiger partial charge in [0.05, 0.1) is 11.5 Å². The van der Waals surface area contributed by atoms with Crippen molar-refractivity contribution in [1.29, 1.82) is 0 Å². The molecular formula is C20H26N4O4. The van der Waals surface area contributed by atoms with Crippen molar-refractivity contribution in [2.24, 2.45) is 4.99 Å². The van der Waals surface area contributed by atoms with Gasteiger partial charge in [-0.05, 0) is 24.1 Å². The molecule has 8 nitrogen and oxygen atoms in total. The first-order valence-corrected chi connectivity index (χ1v) is 8.92. The fourth-order valence-electron chi connectivity index (χ4n) is 2.50. The number of aryl methyl sites for hydroxylation is 1. The molecule has 8 heteroatoms. The summed E-state index contributed by atoms with van der Waals surface area (Å²) in [7, 11) is 3.33. The number of benzene rings is 2. The summed E-state index contributed by atoms with van der Waals surface area (Å²) in [5.41, 5.74) is 3.14. The van der Waals surface area contributed by atoms with Crippen LogP contribution in [0.1, 0.15) is 16.7 Å². The monoisotopic (exact) mass is 386 g/mol. The van der Waals surface area contributed by atoms with Crippen molar-refractivity contribution in [1.82, 2.24) is 10.6 Å². The zero-order valence-corrected chi connectivity index (χ0v) is 16.4. The van der Waals surface area contributed by atoms with E-state index < -0.39 is 4.92 Å². The van der Waals surface area contributed by atoms with E-state index in [1.807, 2.05) is 25.1 Å². The van der Waals surface area contributed by atoms with Crippen LogP contribution in [0.2, 0.25) is 0 Å². The van der Waals surface area contributed by atoms with Crippen molar-refractivity contribution in [3.8, 4) is 5.75 Å². The Kier molecular flexibility index (Phi) is 8.23. The van der Waals surface area contributed by atoms with Crippen molar-refractivity contribution in [2.75, 3.05) is 27.4 Å². The second kappa shape index (κ2) is 10.9. The molecule has 150 valence electrons. The van der Waals surface area contributed by atoms with E-state index in [1.54, 1.807) is 26.3 Å². The van der Waals surface area contributed by atoms with Crippen molar-refractivity contribution in [3.05, 3.63) is 69.3 Å². The Morgan fingerprint density at radius 2 is 1.82 bits per heavy atom. The molecule has 0 heterocycles. The maximum Gasteiger partial charge on any atom is 0.269 e. The summed E-state index contributed by atoms with van der Waals surface area (Å²) in [4.78, 5) is 14.5. The van der Waals surface area contributed by atoms with Gasteiger partial charge in [0, 0.05) is 44.9 Å². The van der Waals surface area contributed by atoms with E-state index >= 15 is 0 Å². The Morgan fingerprint density at radius 1 is 1.11 bits per heavy atom.